The third-order valence-corrected chi connectivity index (χ3v) is 5.71. The standard InChI is InChI=1S/C9H8BrNOS2/c10-6-3-5-7(14-6)8(12)11-9(1-2-9)4-13-5/h3H,1-2,4H2,(H,11,12). The Labute approximate surface area is 98.6 Å². The molecule has 1 aliphatic heterocycles. The third kappa shape index (κ3) is 1.42. The van der Waals surface area contributed by atoms with Crippen LogP contribution >= 0.6 is 39.0 Å². The summed E-state index contributed by atoms with van der Waals surface area (Å²) in [6.07, 6.45) is 2.28. The summed E-state index contributed by atoms with van der Waals surface area (Å²) in [5, 5.41) is 3.13. The Morgan fingerprint density at radius 1 is 1.50 bits per heavy atom. The maximum absolute atomic E-state index is 11.8. The van der Waals surface area contributed by atoms with E-state index in [1.807, 2.05) is 6.07 Å². The lowest BCUT2D eigenvalue weighted by Crippen LogP contribution is -2.36. The van der Waals surface area contributed by atoms with E-state index in [0.29, 0.717) is 0 Å². The summed E-state index contributed by atoms with van der Waals surface area (Å²) in [6.45, 7) is 0. The molecule has 1 N–H and O–H groups in total. The van der Waals surface area contributed by atoms with Crippen LogP contribution in [-0.4, -0.2) is 17.2 Å². The van der Waals surface area contributed by atoms with Crippen molar-refractivity contribution in [2.45, 2.75) is 23.3 Å². The van der Waals surface area contributed by atoms with Crippen molar-refractivity contribution in [1.29, 1.82) is 0 Å². The van der Waals surface area contributed by atoms with Crippen molar-refractivity contribution in [2.24, 2.45) is 0 Å². The molecule has 5 heteroatoms. The molecule has 1 saturated carbocycles. The van der Waals surface area contributed by atoms with Crippen LogP contribution in [0.1, 0.15) is 22.5 Å². The van der Waals surface area contributed by atoms with Gasteiger partial charge in [0.15, 0.2) is 0 Å². The molecule has 2 heterocycles. The van der Waals surface area contributed by atoms with Crippen LogP contribution < -0.4 is 5.32 Å². The first-order valence-corrected chi connectivity index (χ1v) is 7.03. The first kappa shape index (κ1) is 9.24. The second kappa shape index (κ2) is 3.00. The molecule has 1 spiro atoms. The lowest BCUT2D eigenvalue weighted by atomic mass is 10.3. The Balaban J connectivity index is 2.00. The Bertz CT molecular complexity index is 411. The number of carbonyl (C=O) groups is 1. The van der Waals surface area contributed by atoms with Crippen molar-refractivity contribution >= 4 is 44.9 Å². The molecule has 0 unspecified atom stereocenters. The Morgan fingerprint density at radius 2 is 2.29 bits per heavy atom. The molecule has 0 radical (unpaired) electrons. The zero-order valence-corrected chi connectivity index (χ0v) is 10.5. The largest absolute Gasteiger partial charge is 0.345 e. The number of nitrogens with one attached hydrogen (secondary N) is 1. The maximum Gasteiger partial charge on any atom is 0.263 e. The monoisotopic (exact) mass is 289 g/mol. The fraction of sp³-hybridized carbons (Fsp3) is 0.444. The quantitative estimate of drug-likeness (QED) is 0.796. The average Bonchev–Trinajstić information content (AvgIpc) is 2.81. The van der Waals surface area contributed by atoms with Gasteiger partial charge in [-0.1, -0.05) is 0 Å². The number of halogens is 1. The van der Waals surface area contributed by atoms with Gasteiger partial charge in [0.1, 0.15) is 4.88 Å². The lowest BCUT2D eigenvalue weighted by molar-refractivity contribution is 0.0939. The molecule has 1 amide bonds. The fourth-order valence-electron chi connectivity index (χ4n) is 1.58. The van der Waals surface area contributed by atoms with Gasteiger partial charge >= 0.3 is 0 Å². The van der Waals surface area contributed by atoms with Gasteiger partial charge in [0.25, 0.3) is 5.91 Å². The first-order valence-electron chi connectivity index (χ1n) is 4.43. The number of fused-ring (bicyclic) bond motifs is 1. The van der Waals surface area contributed by atoms with Crippen LogP contribution in [0.25, 0.3) is 0 Å². The smallest absolute Gasteiger partial charge is 0.263 e. The van der Waals surface area contributed by atoms with Gasteiger partial charge in [0.2, 0.25) is 0 Å². The van der Waals surface area contributed by atoms with Crippen LogP contribution in [0, 0.1) is 0 Å². The van der Waals surface area contributed by atoms with E-state index in [1.54, 1.807) is 11.8 Å². The second-order valence-corrected chi connectivity index (χ2v) is 7.22. The molecule has 2 aliphatic rings. The van der Waals surface area contributed by atoms with E-state index in [4.69, 9.17) is 0 Å². The molecule has 1 aromatic heterocycles. The summed E-state index contributed by atoms with van der Waals surface area (Å²) in [4.78, 5) is 13.8. The molecule has 0 aromatic carbocycles. The van der Waals surface area contributed by atoms with Crippen LogP contribution in [0.2, 0.25) is 0 Å². The van der Waals surface area contributed by atoms with Gasteiger partial charge in [-0.05, 0) is 34.8 Å². The fourth-order valence-corrected chi connectivity index (χ4v) is 4.72. The van der Waals surface area contributed by atoms with Crippen molar-refractivity contribution in [1.82, 2.24) is 5.32 Å². The Kier molecular flexibility index (Phi) is 1.98. The van der Waals surface area contributed by atoms with Gasteiger partial charge in [-0.25, -0.2) is 0 Å². The highest BCUT2D eigenvalue weighted by atomic mass is 79.9. The normalized spacial score (nSPS) is 22.8. The summed E-state index contributed by atoms with van der Waals surface area (Å²) >= 11 is 6.74. The van der Waals surface area contributed by atoms with E-state index < -0.39 is 0 Å². The number of thioether (sulfide) groups is 1. The topological polar surface area (TPSA) is 29.1 Å². The molecule has 1 aliphatic carbocycles. The van der Waals surface area contributed by atoms with E-state index in [0.717, 1.165) is 32.2 Å². The maximum atomic E-state index is 11.8. The van der Waals surface area contributed by atoms with E-state index >= 15 is 0 Å². The number of rotatable bonds is 0. The Hall–Kier alpha value is -0.0000000000000000833. The van der Waals surface area contributed by atoms with Crippen LogP contribution in [0.15, 0.2) is 14.7 Å². The molecular weight excluding hydrogens is 282 g/mol. The summed E-state index contributed by atoms with van der Waals surface area (Å²) < 4.78 is 1.04. The zero-order chi connectivity index (χ0) is 9.76. The second-order valence-electron chi connectivity index (χ2n) is 3.77. The van der Waals surface area contributed by atoms with Gasteiger partial charge in [-0.3, -0.25) is 4.79 Å². The number of carbonyl (C=O) groups excluding carboxylic acids is 1. The first-order chi connectivity index (χ1) is 6.69. The van der Waals surface area contributed by atoms with E-state index in [1.165, 1.54) is 11.3 Å². The van der Waals surface area contributed by atoms with Gasteiger partial charge < -0.3 is 5.32 Å². The molecule has 0 atom stereocenters. The molecule has 0 saturated heterocycles. The predicted molar refractivity (Wildman–Crippen MR) is 62.2 cm³/mol. The van der Waals surface area contributed by atoms with Crippen LogP contribution in [0.3, 0.4) is 0 Å². The van der Waals surface area contributed by atoms with Gasteiger partial charge in [0, 0.05) is 16.2 Å². The molecule has 1 fully saturated rings. The van der Waals surface area contributed by atoms with E-state index in [2.05, 4.69) is 21.2 Å². The summed E-state index contributed by atoms with van der Waals surface area (Å²) in [5.74, 6) is 1.13. The lowest BCUT2D eigenvalue weighted by Gasteiger charge is -2.11. The predicted octanol–water partition coefficient (Wildman–Crippen LogP) is 2.88. The molecule has 0 bridgehead atoms. The van der Waals surface area contributed by atoms with Gasteiger partial charge in [-0.15, -0.1) is 23.1 Å². The van der Waals surface area contributed by atoms with Crippen LogP contribution in [0.4, 0.5) is 0 Å². The molecule has 1 aromatic rings. The third-order valence-electron chi connectivity index (χ3n) is 2.61. The summed E-state index contributed by atoms with van der Waals surface area (Å²) in [5.41, 5.74) is 0.132. The highest BCUT2D eigenvalue weighted by molar-refractivity contribution is 9.11. The highest BCUT2D eigenvalue weighted by Gasteiger charge is 2.46. The van der Waals surface area contributed by atoms with Crippen LogP contribution in [-0.2, 0) is 0 Å². The van der Waals surface area contributed by atoms with Crippen molar-refractivity contribution in [2.75, 3.05) is 5.75 Å². The van der Waals surface area contributed by atoms with Crippen molar-refractivity contribution in [3.63, 3.8) is 0 Å². The SMILES string of the molecule is O=C1NC2(CC2)CSc2cc(Br)sc21. The van der Waals surface area contributed by atoms with Crippen molar-refractivity contribution < 1.29 is 4.79 Å². The summed E-state index contributed by atoms with van der Waals surface area (Å²) in [6, 6.07) is 2.05. The van der Waals surface area contributed by atoms with E-state index in [-0.39, 0.29) is 11.4 Å². The van der Waals surface area contributed by atoms with E-state index in [9.17, 15) is 4.79 Å². The minimum Gasteiger partial charge on any atom is -0.345 e. The molecule has 14 heavy (non-hydrogen) atoms. The average molecular weight is 290 g/mol. The molecule has 2 nitrogen and oxygen atoms in total. The zero-order valence-electron chi connectivity index (χ0n) is 7.30. The number of thiophene rings is 1. The van der Waals surface area contributed by atoms with Crippen molar-refractivity contribution in [3.05, 3.63) is 14.7 Å². The minimum absolute atomic E-state index is 0.109. The highest BCUT2D eigenvalue weighted by Crippen LogP contribution is 2.45. The van der Waals surface area contributed by atoms with Crippen LogP contribution in [0.5, 0.6) is 0 Å². The number of amides is 1. The minimum atomic E-state index is 0.109. The van der Waals surface area contributed by atoms with Crippen molar-refractivity contribution in [3.8, 4) is 0 Å². The Morgan fingerprint density at radius 3 is 3.00 bits per heavy atom. The molecule has 74 valence electrons. The summed E-state index contributed by atoms with van der Waals surface area (Å²) in [7, 11) is 0. The van der Waals surface area contributed by atoms with Gasteiger partial charge in [0.05, 0.1) is 3.79 Å². The molecular formula is C9H8BrNOS2. The molecule has 3 rings (SSSR count). The number of hydrogen-bond donors (Lipinski definition) is 1. The number of hydrogen-bond acceptors (Lipinski definition) is 3. The van der Waals surface area contributed by atoms with Gasteiger partial charge in [-0.2, -0.15) is 0 Å².